The Labute approximate surface area is 202 Å². The average Bonchev–Trinajstić information content (AvgIpc) is 3.25. The van der Waals surface area contributed by atoms with Crippen molar-refractivity contribution in [1.82, 2.24) is 24.5 Å². The van der Waals surface area contributed by atoms with E-state index in [4.69, 9.17) is 16.3 Å². The van der Waals surface area contributed by atoms with E-state index in [-0.39, 0.29) is 17.1 Å². The third-order valence-corrected chi connectivity index (χ3v) is 5.67. The number of halogens is 1. The smallest absolute Gasteiger partial charge is 0.300 e. The largest absolute Gasteiger partial charge is 0.494 e. The summed E-state index contributed by atoms with van der Waals surface area (Å²) in [6.45, 7) is 3.07. The highest BCUT2D eigenvalue weighted by molar-refractivity contribution is 6.30. The normalized spacial score (nSPS) is 11.0. The molecule has 0 aliphatic carbocycles. The zero-order chi connectivity index (χ0) is 23.9. The molecule has 2 aromatic heterocycles. The van der Waals surface area contributed by atoms with Gasteiger partial charge in [0.05, 0.1) is 6.61 Å². The molecule has 0 saturated heterocycles. The summed E-state index contributed by atoms with van der Waals surface area (Å²) in [5.41, 5.74) is 1.83. The van der Waals surface area contributed by atoms with Crippen molar-refractivity contribution in [2.24, 2.45) is 0 Å². The molecule has 0 atom stereocenters. The van der Waals surface area contributed by atoms with Gasteiger partial charge in [0.25, 0.3) is 0 Å². The van der Waals surface area contributed by atoms with Gasteiger partial charge in [-0.2, -0.15) is 0 Å². The van der Waals surface area contributed by atoms with Crippen LogP contribution in [0.3, 0.4) is 0 Å². The highest BCUT2D eigenvalue weighted by Crippen LogP contribution is 2.15. The molecule has 0 unspecified atom stereocenters. The fourth-order valence-corrected chi connectivity index (χ4v) is 3.80. The molecule has 34 heavy (non-hydrogen) atoms. The van der Waals surface area contributed by atoms with Crippen molar-refractivity contribution in [2.75, 3.05) is 13.2 Å². The van der Waals surface area contributed by atoms with Crippen LogP contribution >= 0.6 is 11.6 Å². The molecule has 1 N–H and O–H groups in total. The van der Waals surface area contributed by atoms with E-state index in [9.17, 15) is 9.59 Å². The summed E-state index contributed by atoms with van der Waals surface area (Å²) >= 11 is 5.89. The second-order valence-corrected chi connectivity index (χ2v) is 8.23. The van der Waals surface area contributed by atoms with Gasteiger partial charge in [0.1, 0.15) is 11.6 Å². The summed E-state index contributed by atoms with van der Waals surface area (Å²) in [6, 6.07) is 14.9. The number of carbonyl (C=O) groups is 1. The summed E-state index contributed by atoms with van der Waals surface area (Å²) in [7, 11) is 0. The van der Waals surface area contributed by atoms with Crippen molar-refractivity contribution in [1.29, 1.82) is 0 Å². The molecule has 0 aliphatic rings. The number of fused-ring (bicyclic) bond motifs is 1. The minimum absolute atomic E-state index is 0.0133. The maximum Gasteiger partial charge on any atom is 0.300 e. The molecule has 0 saturated carbocycles. The molecule has 9 heteroatoms. The van der Waals surface area contributed by atoms with Crippen LogP contribution in [0.5, 0.6) is 5.75 Å². The second-order valence-electron chi connectivity index (χ2n) is 7.79. The molecule has 0 radical (unpaired) electrons. The van der Waals surface area contributed by atoms with E-state index in [0.717, 1.165) is 23.4 Å². The van der Waals surface area contributed by atoms with Gasteiger partial charge >= 0.3 is 5.56 Å². The topological polar surface area (TPSA) is 90.5 Å². The molecule has 0 spiro atoms. The maximum absolute atomic E-state index is 12.9. The van der Waals surface area contributed by atoms with Crippen molar-refractivity contribution in [2.45, 2.75) is 32.6 Å². The molecule has 176 valence electrons. The molecule has 2 heterocycles. The van der Waals surface area contributed by atoms with Crippen LogP contribution in [-0.2, 0) is 17.6 Å². The van der Waals surface area contributed by atoms with Gasteiger partial charge in [-0.3, -0.25) is 18.6 Å². The maximum atomic E-state index is 12.9. The number of aromatic nitrogens is 4. The number of benzene rings is 2. The van der Waals surface area contributed by atoms with Gasteiger partial charge in [0.2, 0.25) is 11.6 Å². The Morgan fingerprint density at radius 1 is 1.03 bits per heavy atom. The lowest BCUT2D eigenvalue weighted by Crippen LogP contribution is -2.25. The summed E-state index contributed by atoms with van der Waals surface area (Å²) in [5, 5.41) is 11.9. The van der Waals surface area contributed by atoms with E-state index in [2.05, 4.69) is 15.5 Å². The van der Waals surface area contributed by atoms with Crippen LogP contribution in [-0.4, -0.2) is 38.2 Å². The molecule has 8 nitrogen and oxygen atoms in total. The Morgan fingerprint density at radius 3 is 2.53 bits per heavy atom. The predicted octanol–water partition coefficient (Wildman–Crippen LogP) is 3.61. The molecule has 2 aromatic carbocycles. The molecular formula is C25H26ClN5O3. The Kier molecular flexibility index (Phi) is 7.59. The Bertz CT molecular complexity index is 1310. The number of hydrogen-bond acceptors (Lipinski definition) is 5. The standard InChI is InChI=1S/C25H26ClN5O3/c1-2-34-21-12-10-20(11-13-21)30-16-17-31-22(28-29-24(31)25(30)33)4-3-5-23(32)27-15-14-18-6-8-19(26)9-7-18/h6-13,16-17H,2-5,14-15H2,1H3,(H,27,32). The molecule has 0 fully saturated rings. The van der Waals surface area contributed by atoms with Crippen LogP contribution in [0.15, 0.2) is 65.7 Å². The molecule has 4 rings (SSSR count). The van der Waals surface area contributed by atoms with Gasteiger partial charge in [-0.1, -0.05) is 23.7 Å². The Morgan fingerprint density at radius 2 is 1.79 bits per heavy atom. The molecule has 0 aliphatic heterocycles. The van der Waals surface area contributed by atoms with E-state index in [1.165, 1.54) is 4.57 Å². The summed E-state index contributed by atoms with van der Waals surface area (Å²) in [4.78, 5) is 25.1. The zero-order valence-electron chi connectivity index (χ0n) is 18.9. The molecule has 4 aromatic rings. The number of amides is 1. The first-order chi connectivity index (χ1) is 16.5. The zero-order valence-corrected chi connectivity index (χ0v) is 19.7. The van der Waals surface area contributed by atoms with Crippen LogP contribution in [0.1, 0.15) is 31.2 Å². The summed E-state index contributed by atoms with van der Waals surface area (Å²) < 4.78 is 8.67. The van der Waals surface area contributed by atoms with Crippen LogP contribution in [0.25, 0.3) is 11.3 Å². The number of nitrogens with one attached hydrogen (secondary N) is 1. The van der Waals surface area contributed by atoms with Crippen molar-refractivity contribution in [3.05, 3.63) is 87.7 Å². The average molecular weight is 480 g/mol. The minimum atomic E-state index is -0.259. The molecular weight excluding hydrogens is 454 g/mol. The third kappa shape index (κ3) is 5.63. The number of hydrogen-bond donors (Lipinski definition) is 1. The number of ether oxygens (including phenoxy) is 1. The van der Waals surface area contributed by atoms with Gasteiger partial charge in [0, 0.05) is 42.5 Å². The van der Waals surface area contributed by atoms with E-state index in [1.807, 2.05) is 55.5 Å². The molecule has 1 amide bonds. The van der Waals surface area contributed by atoms with Crippen LogP contribution in [0.2, 0.25) is 5.02 Å². The van der Waals surface area contributed by atoms with Crippen molar-refractivity contribution in [3.8, 4) is 11.4 Å². The summed E-state index contributed by atoms with van der Waals surface area (Å²) in [6.07, 6.45) is 5.74. The fourth-order valence-electron chi connectivity index (χ4n) is 3.67. The van der Waals surface area contributed by atoms with E-state index in [0.29, 0.717) is 43.3 Å². The SMILES string of the molecule is CCOc1ccc(-n2ccn3c(CCCC(=O)NCCc4ccc(Cl)cc4)nnc3c2=O)cc1. The minimum Gasteiger partial charge on any atom is -0.494 e. The number of carbonyl (C=O) groups excluding carboxylic acids is 1. The number of nitrogens with zero attached hydrogens (tertiary/aromatic N) is 4. The van der Waals surface area contributed by atoms with Gasteiger partial charge in [-0.05, 0) is 61.7 Å². The van der Waals surface area contributed by atoms with Gasteiger partial charge in [0.15, 0.2) is 0 Å². The predicted molar refractivity (Wildman–Crippen MR) is 131 cm³/mol. The van der Waals surface area contributed by atoms with Crippen molar-refractivity contribution >= 4 is 23.2 Å². The third-order valence-electron chi connectivity index (χ3n) is 5.42. The van der Waals surface area contributed by atoms with E-state index in [1.54, 1.807) is 16.8 Å². The van der Waals surface area contributed by atoms with Gasteiger partial charge < -0.3 is 10.1 Å². The lowest BCUT2D eigenvalue weighted by molar-refractivity contribution is -0.121. The monoisotopic (exact) mass is 479 g/mol. The first-order valence-corrected chi connectivity index (χ1v) is 11.6. The number of rotatable bonds is 10. The fraction of sp³-hybridized carbons (Fsp3) is 0.280. The van der Waals surface area contributed by atoms with Crippen molar-refractivity contribution < 1.29 is 9.53 Å². The van der Waals surface area contributed by atoms with Gasteiger partial charge in [-0.15, -0.1) is 10.2 Å². The molecule has 0 bridgehead atoms. The van der Waals surface area contributed by atoms with Crippen LogP contribution in [0, 0.1) is 0 Å². The van der Waals surface area contributed by atoms with Crippen LogP contribution in [0.4, 0.5) is 0 Å². The Hall–Kier alpha value is -3.65. The first kappa shape index (κ1) is 23.5. The van der Waals surface area contributed by atoms with E-state index >= 15 is 0 Å². The summed E-state index contributed by atoms with van der Waals surface area (Å²) in [5.74, 6) is 1.39. The highest BCUT2D eigenvalue weighted by atomic mass is 35.5. The second kappa shape index (κ2) is 11.0. The Balaban J connectivity index is 1.32. The highest BCUT2D eigenvalue weighted by Gasteiger charge is 2.12. The quantitative estimate of drug-likeness (QED) is 0.375. The van der Waals surface area contributed by atoms with Crippen molar-refractivity contribution in [3.63, 3.8) is 0 Å². The van der Waals surface area contributed by atoms with E-state index < -0.39 is 0 Å². The van der Waals surface area contributed by atoms with Gasteiger partial charge in [-0.25, -0.2) is 0 Å². The lowest BCUT2D eigenvalue weighted by atomic mass is 10.1. The van der Waals surface area contributed by atoms with Crippen LogP contribution < -0.4 is 15.6 Å². The first-order valence-electron chi connectivity index (χ1n) is 11.2. The lowest BCUT2D eigenvalue weighted by Gasteiger charge is -2.08. The number of aryl methyl sites for hydroxylation is 1.